The lowest BCUT2D eigenvalue weighted by Gasteiger charge is -2.34. The molecule has 11 heteroatoms. The molecule has 2 atom stereocenters. The molecule has 0 unspecified atom stereocenters. The van der Waals surface area contributed by atoms with Crippen molar-refractivity contribution in [2.24, 2.45) is 0 Å². The van der Waals surface area contributed by atoms with E-state index in [0.717, 1.165) is 26.3 Å². The minimum absolute atomic E-state index is 0.106. The number of hydrogen-bond acceptors (Lipinski definition) is 6. The van der Waals surface area contributed by atoms with Gasteiger partial charge >= 0.3 is 0 Å². The number of fused-ring (bicyclic) bond motifs is 1. The van der Waals surface area contributed by atoms with Gasteiger partial charge in [0.25, 0.3) is 0 Å². The first-order chi connectivity index (χ1) is 20.6. The van der Waals surface area contributed by atoms with Crippen LogP contribution in [0.15, 0.2) is 77.3 Å². The lowest BCUT2D eigenvalue weighted by Crippen LogP contribution is -2.54. The van der Waals surface area contributed by atoms with E-state index < -0.39 is 28.5 Å². The first-order valence-electron chi connectivity index (χ1n) is 14.4. The van der Waals surface area contributed by atoms with Gasteiger partial charge in [-0.05, 0) is 55.7 Å². The maximum atomic E-state index is 14.3. The summed E-state index contributed by atoms with van der Waals surface area (Å²) in [6.07, 6.45) is 0.979. The van der Waals surface area contributed by atoms with Gasteiger partial charge < -0.3 is 19.7 Å². The number of amides is 2. The topological polar surface area (TPSA) is 105 Å². The Hall–Kier alpha value is -3.57. The van der Waals surface area contributed by atoms with Crippen LogP contribution in [-0.4, -0.2) is 62.7 Å². The van der Waals surface area contributed by atoms with Gasteiger partial charge in [0.1, 0.15) is 25.8 Å². The number of carbonyl (C=O) groups excluding carboxylic acids is 2. The number of rotatable bonds is 13. The summed E-state index contributed by atoms with van der Waals surface area (Å²) >= 11 is 3.45. The predicted molar refractivity (Wildman–Crippen MR) is 171 cm³/mol. The van der Waals surface area contributed by atoms with E-state index in [-0.39, 0.29) is 36.4 Å². The highest BCUT2D eigenvalue weighted by Crippen LogP contribution is 2.35. The summed E-state index contributed by atoms with van der Waals surface area (Å²) in [6.45, 7) is 5.77. The number of benzene rings is 3. The van der Waals surface area contributed by atoms with Crippen molar-refractivity contribution >= 4 is 43.5 Å². The Kier molecular flexibility index (Phi) is 11.1. The molecule has 1 aliphatic rings. The van der Waals surface area contributed by atoms with Gasteiger partial charge in [-0.3, -0.25) is 13.9 Å². The van der Waals surface area contributed by atoms with Crippen molar-refractivity contribution in [1.29, 1.82) is 0 Å². The molecule has 0 fully saturated rings. The van der Waals surface area contributed by atoms with Crippen molar-refractivity contribution in [1.82, 2.24) is 10.2 Å². The summed E-state index contributed by atoms with van der Waals surface area (Å²) in [6, 6.07) is 20.8. The van der Waals surface area contributed by atoms with E-state index in [0.29, 0.717) is 24.7 Å². The molecule has 0 bridgehead atoms. The molecule has 2 amide bonds. The Labute approximate surface area is 262 Å². The lowest BCUT2D eigenvalue weighted by atomic mass is 10.0. The van der Waals surface area contributed by atoms with Crippen LogP contribution in [0, 0.1) is 0 Å². The smallest absolute Gasteiger partial charge is 0.244 e. The van der Waals surface area contributed by atoms with E-state index in [1.54, 1.807) is 18.2 Å². The first-order valence-corrected chi connectivity index (χ1v) is 16.8. The molecular formula is C32H38BrN3O6S. The largest absolute Gasteiger partial charge is 0.486 e. The molecule has 0 spiro atoms. The van der Waals surface area contributed by atoms with Crippen LogP contribution in [0.5, 0.6) is 11.5 Å². The third-order valence-electron chi connectivity index (χ3n) is 7.33. The van der Waals surface area contributed by atoms with Crippen molar-refractivity contribution < 1.29 is 27.5 Å². The summed E-state index contributed by atoms with van der Waals surface area (Å²) in [7, 11) is -3.89. The maximum Gasteiger partial charge on any atom is 0.244 e. The molecule has 0 aliphatic carbocycles. The van der Waals surface area contributed by atoms with Gasteiger partial charge in [0, 0.05) is 29.5 Å². The number of hydrogen-bond donors (Lipinski definition) is 1. The summed E-state index contributed by atoms with van der Waals surface area (Å²) in [4.78, 5) is 29.6. The minimum Gasteiger partial charge on any atom is -0.486 e. The quantitative estimate of drug-likeness (QED) is 0.276. The Balaban J connectivity index is 1.75. The van der Waals surface area contributed by atoms with Gasteiger partial charge in [0.15, 0.2) is 11.5 Å². The fraction of sp³-hybridized carbons (Fsp3) is 0.375. The molecule has 9 nitrogen and oxygen atoms in total. The SMILES string of the molecule is CC[C@@H](C)NC(=O)[C@H](Cc1ccccc1)N(Cc1ccc(Br)cc1)C(=O)CN(c1ccc2c(c1)OCCO2)S(=O)(=O)CC. The summed E-state index contributed by atoms with van der Waals surface area (Å²) in [5.74, 6) is -0.0997. The van der Waals surface area contributed by atoms with E-state index in [4.69, 9.17) is 9.47 Å². The molecule has 1 aliphatic heterocycles. The average molecular weight is 673 g/mol. The normalized spacial score (nSPS) is 14.0. The molecule has 230 valence electrons. The molecule has 3 aromatic rings. The monoisotopic (exact) mass is 671 g/mol. The highest BCUT2D eigenvalue weighted by Gasteiger charge is 2.34. The first kappa shape index (κ1) is 32.3. The van der Waals surface area contributed by atoms with Crippen LogP contribution < -0.4 is 19.1 Å². The van der Waals surface area contributed by atoms with Crippen molar-refractivity contribution in [2.75, 3.05) is 29.8 Å². The lowest BCUT2D eigenvalue weighted by molar-refractivity contribution is -0.140. The van der Waals surface area contributed by atoms with Crippen LogP contribution in [-0.2, 0) is 32.6 Å². The minimum atomic E-state index is -3.89. The van der Waals surface area contributed by atoms with Gasteiger partial charge in [0.2, 0.25) is 21.8 Å². The maximum absolute atomic E-state index is 14.3. The van der Waals surface area contributed by atoms with Crippen LogP contribution in [0.4, 0.5) is 5.69 Å². The number of nitrogens with zero attached hydrogens (tertiary/aromatic N) is 2. The molecular weight excluding hydrogens is 634 g/mol. The predicted octanol–water partition coefficient (Wildman–Crippen LogP) is 4.93. The number of carbonyl (C=O) groups is 2. The Morgan fingerprint density at radius 1 is 0.930 bits per heavy atom. The summed E-state index contributed by atoms with van der Waals surface area (Å²) in [5.41, 5.74) is 1.96. The molecule has 0 saturated carbocycles. The standard InChI is InChI=1S/C32H38BrN3O6S/c1-4-23(3)34-32(38)28(19-24-9-7-6-8-10-24)35(21-25-11-13-26(33)14-12-25)31(37)22-36(43(39,40)5-2)27-15-16-29-30(20-27)42-18-17-41-29/h6-16,20,23,28H,4-5,17-19,21-22H2,1-3H3,(H,34,38)/t23-,28+/m1/s1. The average Bonchev–Trinajstić information content (AvgIpc) is 3.02. The van der Waals surface area contributed by atoms with Crippen LogP contribution in [0.1, 0.15) is 38.3 Å². The van der Waals surface area contributed by atoms with Crippen molar-refractivity contribution in [3.8, 4) is 11.5 Å². The van der Waals surface area contributed by atoms with Gasteiger partial charge in [-0.25, -0.2) is 8.42 Å². The third-order valence-corrected chi connectivity index (χ3v) is 9.60. The number of sulfonamides is 1. The molecule has 0 saturated heterocycles. The summed E-state index contributed by atoms with van der Waals surface area (Å²) in [5, 5.41) is 3.04. The zero-order chi connectivity index (χ0) is 31.0. The van der Waals surface area contributed by atoms with Gasteiger partial charge in [-0.2, -0.15) is 0 Å². The fourth-order valence-corrected chi connectivity index (χ4v) is 6.01. The molecule has 0 aromatic heterocycles. The van der Waals surface area contributed by atoms with Crippen LogP contribution in [0.3, 0.4) is 0 Å². The van der Waals surface area contributed by atoms with Crippen LogP contribution in [0.2, 0.25) is 0 Å². The van der Waals surface area contributed by atoms with Crippen LogP contribution in [0.25, 0.3) is 0 Å². The van der Waals surface area contributed by atoms with Crippen molar-refractivity contribution in [2.45, 2.75) is 52.2 Å². The van der Waals surface area contributed by atoms with E-state index in [2.05, 4.69) is 21.2 Å². The number of ether oxygens (including phenoxy) is 2. The molecule has 0 radical (unpaired) electrons. The van der Waals surface area contributed by atoms with Gasteiger partial charge in [-0.1, -0.05) is 65.3 Å². The highest BCUT2D eigenvalue weighted by atomic mass is 79.9. The molecule has 3 aromatic carbocycles. The Bertz CT molecular complexity index is 1500. The third kappa shape index (κ3) is 8.51. The van der Waals surface area contributed by atoms with Crippen molar-refractivity contribution in [3.05, 3.63) is 88.4 Å². The second-order valence-electron chi connectivity index (χ2n) is 10.4. The second-order valence-corrected chi connectivity index (χ2v) is 13.5. The number of anilines is 1. The number of halogens is 1. The molecule has 1 heterocycles. The molecule has 1 N–H and O–H groups in total. The second kappa shape index (κ2) is 14.7. The highest BCUT2D eigenvalue weighted by molar-refractivity contribution is 9.10. The van der Waals surface area contributed by atoms with Crippen molar-refractivity contribution in [3.63, 3.8) is 0 Å². The fourth-order valence-electron chi connectivity index (χ4n) is 4.69. The Morgan fingerprint density at radius 3 is 2.26 bits per heavy atom. The zero-order valence-corrected chi connectivity index (χ0v) is 27.1. The van der Waals surface area contributed by atoms with E-state index in [1.165, 1.54) is 11.8 Å². The molecule has 4 rings (SSSR count). The summed E-state index contributed by atoms with van der Waals surface area (Å²) < 4.78 is 40.1. The van der Waals surface area contributed by atoms with Gasteiger partial charge in [-0.15, -0.1) is 0 Å². The Morgan fingerprint density at radius 2 is 1.60 bits per heavy atom. The number of nitrogens with one attached hydrogen (secondary N) is 1. The van der Waals surface area contributed by atoms with E-state index in [1.807, 2.05) is 68.4 Å². The molecule has 43 heavy (non-hydrogen) atoms. The van der Waals surface area contributed by atoms with Crippen LogP contribution >= 0.6 is 15.9 Å². The zero-order valence-electron chi connectivity index (χ0n) is 24.7. The van der Waals surface area contributed by atoms with E-state index in [9.17, 15) is 18.0 Å². The van der Waals surface area contributed by atoms with Gasteiger partial charge in [0.05, 0.1) is 11.4 Å². The van der Waals surface area contributed by atoms with E-state index >= 15 is 0 Å².